The van der Waals surface area contributed by atoms with Crippen molar-refractivity contribution in [3.63, 3.8) is 0 Å². The van der Waals surface area contributed by atoms with Crippen molar-refractivity contribution in [3.05, 3.63) is 59.2 Å². The molecule has 3 rings (SSSR count). The highest BCUT2D eigenvalue weighted by molar-refractivity contribution is 6.32. The van der Waals surface area contributed by atoms with Crippen LogP contribution in [0.25, 0.3) is 16.6 Å². The molecule has 1 heterocycles. The highest BCUT2D eigenvalue weighted by atomic mass is 35.5. The van der Waals surface area contributed by atoms with Crippen LogP contribution in [0.4, 0.5) is 0 Å². The van der Waals surface area contributed by atoms with Crippen LogP contribution < -0.4 is 0 Å². The van der Waals surface area contributed by atoms with Crippen molar-refractivity contribution >= 4 is 28.3 Å². The van der Waals surface area contributed by atoms with Gasteiger partial charge in [0.05, 0.1) is 22.4 Å². The molecule has 0 spiro atoms. The standard InChI is InChI=1S/C15H11ClN2O/c1-10(19)11-6-7-15(13(16)8-11)18-14-5-3-2-4-12(14)9-17-18/h2-9H,1H3. The zero-order valence-corrected chi connectivity index (χ0v) is 11.1. The normalized spacial score (nSPS) is 10.8. The smallest absolute Gasteiger partial charge is 0.159 e. The van der Waals surface area contributed by atoms with Gasteiger partial charge < -0.3 is 0 Å². The first-order valence-corrected chi connectivity index (χ1v) is 6.28. The van der Waals surface area contributed by atoms with E-state index in [-0.39, 0.29) is 5.78 Å². The summed E-state index contributed by atoms with van der Waals surface area (Å²) in [4.78, 5) is 11.3. The summed E-state index contributed by atoms with van der Waals surface area (Å²) in [6.07, 6.45) is 1.80. The summed E-state index contributed by atoms with van der Waals surface area (Å²) in [5.41, 5.74) is 2.36. The zero-order chi connectivity index (χ0) is 13.4. The first-order valence-electron chi connectivity index (χ1n) is 5.90. The molecule has 0 amide bonds. The Labute approximate surface area is 115 Å². The monoisotopic (exact) mass is 270 g/mol. The Morgan fingerprint density at radius 1 is 1.21 bits per heavy atom. The molecule has 94 valence electrons. The van der Waals surface area contributed by atoms with Gasteiger partial charge in [-0.3, -0.25) is 4.79 Å². The fraction of sp³-hybridized carbons (Fsp3) is 0.0667. The third kappa shape index (κ3) is 2.02. The number of carbonyl (C=O) groups is 1. The highest BCUT2D eigenvalue weighted by Gasteiger charge is 2.10. The number of fused-ring (bicyclic) bond motifs is 1. The largest absolute Gasteiger partial charge is 0.295 e. The Hall–Kier alpha value is -2.13. The molecule has 19 heavy (non-hydrogen) atoms. The molecule has 0 radical (unpaired) electrons. The molecule has 0 unspecified atom stereocenters. The topological polar surface area (TPSA) is 34.9 Å². The van der Waals surface area contributed by atoms with E-state index in [0.717, 1.165) is 16.6 Å². The SMILES string of the molecule is CC(=O)c1ccc(-n2ncc3ccccc32)c(Cl)c1. The lowest BCUT2D eigenvalue weighted by molar-refractivity contribution is 0.101. The van der Waals surface area contributed by atoms with Gasteiger partial charge in [0.15, 0.2) is 5.78 Å². The molecule has 3 nitrogen and oxygen atoms in total. The van der Waals surface area contributed by atoms with Gasteiger partial charge >= 0.3 is 0 Å². The van der Waals surface area contributed by atoms with E-state index in [9.17, 15) is 4.79 Å². The van der Waals surface area contributed by atoms with Gasteiger partial charge in [0.2, 0.25) is 0 Å². The molecule has 0 saturated carbocycles. The third-order valence-electron chi connectivity index (χ3n) is 3.06. The van der Waals surface area contributed by atoms with Crippen LogP contribution >= 0.6 is 11.6 Å². The van der Waals surface area contributed by atoms with Crippen LogP contribution in [0.1, 0.15) is 17.3 Å². The number of Topliss-reactive ketones (excluding diaryl/α,β-unsaturated/α-hetero) is 1. The number of hydrogen-bond donors (Lipinski definition) is 0. The minimum atomic E-state index is -0.00114. The molecule has 3 aromatic rings. The Balaban J connectivity index is 2.19. The number of para-hydroxylation sites is 1. The molecule has 0 bridgehead atoms. The van der Waals surface area contributed by atoms with Crippen LogP contribution in [0.2, 0.25) is 5.02 Å². The van der Waals surface area contributed by atoms with Crippen molar-refractivity contribution in [1.29, 1.82) is 0 Å². The first kappa shape index (κ1) is 11.9. The van der Waals surface area contributed by atoms with Crippen LogP contribution in [-0.2, 0) is 0 Å². The summed E-state index contributed by atoms with van der Waals surface area (Å²) in [6.45, 7) is 1.52. The van der Waals surface area contributed by atoms with Gasteiger partial charge in [0.25, 0.3) is 0 Å². The average molecular weight is 271 g/mol. The lowest BCUT2D eigenvalue weighted by Crippen LogP contribution is -1.99. The molecular formula is C15H11ClN2O. The predicted octanol–water partition coefficient (Wildman–Crippen LogP) is 3.88. The van der Waals surface area contributed by atoms with Crippen LogP contribution in [0, 0.1) is 0 Å². The van der Waals surface area contributed by atoms with Gasteiger partial charge in [-0.1, -0.05) is 29.8 Å². The molecule has 2 aromatic carbocycles. The molecular weight excluding hydrogens is 260 g/mol. The molecule has 0 atom stereocenters. The van der Waals surface area contributed by atoms with Gasteiger partial charge in [-0.25, -0.2) is 4.68 Å². The summed E-state index contributed by atoms with van der Waals surface area (Å²) >= 11 is 6.25. The lowest BCUT2D eigenvalue weighted by Gasteiger charge is -2.07. The quantitative estimate of drug-likeness (QED) is 0.662. The van der Waals surface area contributed by atoms with E-state index in [0.29, 0.717) is 10.6 Å². The van der Waals surface area contributed by atoms with E-state index in [4.69, 9.17) is 11.6 Å². The van der Waals surface area contributed by atoms with Crippen molar-refractivity contribution in [3.8, 4) is 5.69 Å². The molecule has 0 N–H and O–H groups in total. The molecule has 4 heteroatoms. The molecule has 1 aromatic heterocycles. The molecule has 0 aliphatic carbocycles. The zero-order valence-electron chi connectivity index (χ0n) is 10.3. The fourth-order valence-corrected chi connectivity index (χ4v) is 2.32. The second kappa shape index (κ2) is 4.52. The second-order valence-corrected chi connectivity index (χ2v) is 4.74. The molecule has 0 aliphatic heterocycles. The summed E-state index contributed by atoms with van der Waals surface area (Å²) in [5, 5.41) is 5.91. The van der Waals surface area contributed by atoms with E-state index in [1.807, 2.05) is 30.3 Å². The Kier molecular flexibility index (Phi) is 2.84. The Morgan fingerprint density at radius 3 is 2.74 bits per heavy atom. The van der Waals surface area contributed by atoms with Crippen molar-refractivity contribution < 1.29 is 4.79 Å². The van der Waals surface area contributed by atoms with Crippen LogP contribution in [-0.4, -0.2) is 15.6 Å². The van der Waals surface area contributed by atoms with Crippen LogP contribution in [0.5, 0.6) is 0 Å². The van der Waals surface area contributed by atoms with Crippen molar-refractivity contribution in [2.75, 3.05) is 0 Å². The lowest BCUT2D eigenvalue weighted by atomic mass is 10.1. The number of aromatic nitrogens is 2. The van der Waals surface area contributed by atoms with E-state index in [2.05, 4.69) is 5.10 Å². The van der Waals surface area contributed by atoms with E-state index in [1.54, 1.807) is 23.0 Å². The number of hydrogen-bond acceptors (Lipinski definition) is 2. The molecule has 0 saturated heterocycles. The second-order valence-electron chi connectivity index (χ2n) is 4.34. The number of halogens is 1. The number of benzene rings is 2. The Morgan fingerprint density at radius 2 is 2.00 bits per heavy atom. The summed E-state index contributed by atoms with van der Waals surface area (Å²) in [7, 11) is 0. The predicted molar refractivity (Wildman–Crippen MR) is 76.1 cm³/mol. The van der Waals surface area contributed by atoms with Crippen LogP contribution in [0.3, 0.4) is 0 Å². The van der Waals surface area contributed by atoms with Gasteiger partial charge in [0.1, 0.15) is 0 Å². The number of carbonyl (C=O) groups excluding carboxylic acids is 1. The van der Waals surface area contributed by atoms with Crippen molar-refractivity contribution in [2.45, 2.75) is 6.92 Å². The molecule has 0 aliphatic rings. The maximum atomic E-state index is 11.3. The van der Waals surface area contributed by atoms with E-state index >= 15 is 0 Å². The first-order chi connectivity index (χ1) is 9.16. The van der Waals surface area contributed by atoms with Crippen LogP contribution in [0.15, 0.2) is 48.7 Å². The van der Waals surface area contributed by atoms with E-state index < -0.39 is 0 Å². The van der Waals surface area contributed by atoms with Gasteiger partial charge in [-0.15, -0.1) is 0 Å². The summed E-state index contributed by atoms with van der Waals surface area (Å²) < 4.78 is 1.78. The molecule has 0 fully saturated rings. The van der Waals surface area contributed by atoms with E-state index in [1.165, 1.54) is 6.92 Å². The fourth-order valence-electron chi connectivity index (χ4n) is 2.06. The number of nitrogens with zero attached hydrogens (tertiary/aromatic N) is 2. The van der Waals surface area contributed by atoms with Gasteiger partial charge in [-0.2, -0.15) is 5.10 Å². The minimum Gasteiger partial charge on any atom is -0.295 e. The van der Waals surface area contributed by atoms with Crippen molar-refractivity contribution in [1.82, 2.24) is 9.78 Å². The minimum absolute atomic E-state index is 0.00114. The highest BCUT2D eigenvalue weighted by Crippen LogP contribution is 2.25. The number of ketones is 1. The van der Waals surface area contributed by atoms with Gasteiger partial charge in [-0.05, 0) is 31.2 Å². The Bertz CT molecular complexity index is 777. The van der Waals surface area contributed by atoms with Crippen molar-refractivity contribution in [2.24, 2.45) is 0 Å². The number of rotatable bonds is 2. The van der Waals surface area contributed by atoms with Gasteiger partial charge in [0, 0.05) is 10.9 Å². The maximum Gasteiger partial charge on any atom is 0.159 e. The maximum absolute atomic E-state index is 11.3. The average Bonchev–Trinajstić information content (AvgIpc) is 2.82. The summed E-state index contributed by atoms with van der Waals surface area (Å²) in [5.74, 6) is -0.00114. The summed E-state index contributed by atoms with van der Waals surface area (Å²) in [6, 6.07) is 13.2. The third-order valence-corrected chi connectivity index (χ3v) is 3.36.